The van der Waals surface area contributed by atoms with E-state index in [1.54, 1.807) is 12.1 Å². The standard InChI is InChI=1S/C9H11BrN2O3S/c1-6(16(2,14)15)9(13)12-8-4-3-7(10)5-11-8/h3-6H,1-2H3,(H,11,12,13). The highest BCUT2D eigenvalue weighted by Crippen LogP contribution is 2.11. The lowest BCUT2D eigenvalue weighted by atomic mass is 10.4. The van der Waals surface area contributed by atoms with Crippen LogP contribution in [0.15, 0.2) is 22.8 Å². The van der Waals surface area contributed by atoms with Gasteiger partial charge in [-0.3, -0.25) is 4.79 Å². The molecule has 0 saturated heterocycles. The summed E-state index contributed by atoms with van der Waals surface area (Å²) in [6.45, 7) is 1.34. The Hall–Kier alpha value is -0.950. The molecule has 0 aromatic carbocycles. The fraction of sp³-hybridized carbons (Fsp3) is 0.333. The number of rotatable bonds is 3. The molecule has 0 saturated carbocycles. The first-order valence-corrected chi connectivity index (χ1v) is 7.17. The molecule has 1 heterocycles. The molecular formula is C9H11BrN2O3S. The van der Waals surface area contributed by atoms with Gasteiger partial charge in [-0.25, -0.2) is 13.4 Å². The highest BCUT2D eigenvalue weighted by atomic mass is 79.9. The minimum atomic E-state index is -3.38. The Morgan fingerprint density at radius 2 is 2.12 bits per heavy atom. The fourth-order valence-electron chi connectivity index (χ4n) is 0.872. The first-order chi connectivity index (χ1) is 7.30. The van der Waals surface area contributed by atoms with E-state index in [4.69, 9.17) is 0 Å². The summed E-state index contributed by atoms with van der Waals surface area (Å²) < 4.78 is 23.0. The lowest BCUT2D eigenvalue weighted by Gasteiger charge is -2.09. The van der Waals surface area contributed by atoms with Gasteiger partial charge in [0, 0.05) is 16.9 Å². The Kier molecular flexibility index (Phi) is 4.03. The number of anilines is 1. The van der Waals surface area contributed by atoms with Crippen molar-refractivity contribution in [2.75, 3.05) is 11.6 Å². The van der Waals surface area contributed by atoms with Crippen LogP contribution in [-0.4, -0.2) is 30.8 Å². The third kappa shape index (κ3) is 3.57. The van der Waals surface area contributed by atoms with Crippen LogP contribution in [0.1, 0.15) is 6.92 Å². The number of aromatic nitrogens is 1. The Labute approximate surface area is 102 Å². The number of nitrogens with one attached hydrogen (secondary N) is 1. The molecule has 7 heteroatoms. The zero-order valence-electron chi connectivity index (χ0n) is 8.77. The van der Waals surface area contributed by atoms with Crippen LogP contribution < -0.4 is 5.32 Å². The van der Waals surface area contributed by atoms with E-state index in [0.29, 0.717) is 5.82 Å². The molecule has 88 valence electrons. The molecule has 1 N–H and O–H groups in total. The molecule has 1 atom stereocenters. The van der Waals surface area contributed by atoms with Crippen LogP contribution >= 0.6 is 15.9 Å². The van der Waals surface area contributed by atoms with Crippen LogP contribution in [0.5, 0.6) is 0 Å². The van der Waals surface area contributed by atoms with Crippen LogP contribution in [0.4, 0.5) is 5.82 Å². The number of hydrogen-bond donors (Lipinski definition) is 1. The minimum absolute atomic E-state index is 0.323. The summed E-state index contributed by atoms with van der Waals surface area (Å²) >= 11 is 3.20. The molecule has 1 aromatic heterocycles. The van der Waals surface area contributed by atoms with Gasteiger partial charge in [-0.15, -0.1) is 0 Å². The van der Waals surface area contributed by atoms with E-state index in [-0.39, 0.29) is 0 Å². The quantitative estimate of drug-likeness (QED) is 0.911. The van der Waals surface area contributed by atoms with Gasteiger partial charge in [-0.05, 0) is 35.0 Å². The second kappa shape index (κ2) is 4.92. The number of carbonyl (C=O) groups is 1. The molecule has 1 amide bonds. The van der Waals surface area contributed by atoms with Crippen molar-refractivity contribution in [3.8, 4) is 0 Å². The van der Waals surface area contributed by atoms with E-state index in [1.807, 2.05) is 0 Å². The Balaban J connectivity index is 2.76. The number of sulfone groups is 1. The Morgan fingerprint density at radius 1 is 1.50 bits per heavy atom. The van der Waals surface area contributed by atoms with Crippen molar-refractivity contribution in [2.24, 2.45) is 0 Å². The van der Waals surface area contributed by atoms with Crippen LogP contribution in [0.3, 0.4) is 0 Å². The number of carbonyl (C=O) groups excluding carboxylic acids is 1. The summed E-state index contributed by atoms with van der Waals surface area (Å²) in [4.78, 5) is 15.4. The third-order valence-corrected chi connectivity index (χ3v) is 3.96. The average Bonchev–Trinajstić information content (AvgIpc) is 2.19. The first kappa shape index (κ1) is 13.1. The molecule has 5 nitrogen and oxygen atoms in total. The van der Waals surface area contributed by atoms with Gasteiger partial charge in [0.1, 0.15) is 11.1 Å². The number of halogens is 1. The molecule has 1 rings (SSSR count). The summed E-state index contributed by atoms with van der Waals surface area (Å²) in [5.41, 5.74) is 0. The largest absolute Gasteiger partial charge is 0.310 e. The predicted octanol–water partition coefficient (Wildman–Crippen LogP) is 1.22. The number of hydrogen-bond acceptors (Lipinski definition) is 4. The zero-order valence-corrected chi connectivity index (χ0v) is 11.2. The zero-order chi connectivity index (χ0) is 12.3. The topological polar surface area (TPSA) is 76.1 Å². The molecule has 1 aromatic rings. The lowest BCUT2D eigenvalue weighted by Crippen LogP contribution is -2.32. The van der Waals surface area contributed by atoms with Gasteiger partial charge < -0.3 is 5.32 Å². The highest BCUT2D eigenvalue weighted by molar-refractivity contribution is 9.10. The maximum absolute atomic E-state index is 11.5. The van der Waals surface area contributed by atoms with E-state index in [0.717, 1.165) is 10.7 Å². The fourth-order valence-corrected chi connectivity index (χ4v) is 1.55. The molecule has 0 bridgehead atoms. The Bertz CT molecular complexity index is 484. The number of amides is 1. The van der Waals surface area contributed by atoms with Crippen molar-refractivity contribution >= 4 is 37.5 Å². The van der Waals surface area contributed by atoms with Crippen molar-refractivity contribution in [1.29, 1.82) is 0 Å². The van der Waals surface area contributed by atoms with Crippen LogP contribution in [0.2, 0.25) is 0 Å². The molecule has 0 aliphatic carbocycles. The van der Waals surface area contributed by atoms with E-state index in [1.165, 1.54) is 13.1 Å². The highest BCUT2D eigenvalue weighted by Gasteiger charge is 2.23. The van der Waals surface area contributed by atoms with Gasteiger partial charge in [0.2, 0.25) is 5.91 Å². The molecule has 16 heavy (non-hydrogen) atoms. The van der Waals surface area contributed by atoms with Crippen LogP contribution in [0.25, 0.3) is 0 Å². The maximum Gasteiger partial charge on any atom is 0.243 e. The van der Waals surface area contributed by atoms with Crippen LogP contribution in [-0.2, 0) is 14.6 Å². The summed E-state index contributed by atoms with van der Waals surface area (Å²) in [5.74, 6) is -0.263. The SMILES string of the molecule is CC(C(=O)Nc1ccc(Br)cn1)S(C)(=O)=O. The van der Waals surface area contributed by atoms with Crippen molar-refractivity contribution in [3.63, 3.8) is 0 Å². The summed E-state index contributed by atoms with van der Waals surface area (Å²) in [7, 11) is -3.38. The molecule has 0 radical (unpaired) electrons. The normalized spacial score (nSPS) is 13.2. The summed E-state index contributed by atoms with van der Waals surface area (Å²) in [5, 5.41) is 1.34. The molecule has 1 unspecified atom stereocenters. The second-order valence-electron chi connectivity index (χ2n) is 3.32. The monoisotopic (exact) mass is 306 g/mol. The molecule has 0 aliphatic rings. The third-order valence-electron chi connectivity index (χ3n) is 1.99. The van der Waals surface area contributed by atoms with Crippen molar-refractivity contribution in [2.45, 2.75) is 12.2 Å². The maximum atomic E-state index is 11.5. The van der Waals surface area contributed by atoms with Crippen LogP contribution in [0, 0.1) is 0 Å². The molecular weight excluding hydrogens is 296 g/mol. The number of pyridine rings is 1. The second-order valence-corrected chi connectivity index (χ2v) is 6.60. The van der Waals surface area contributed by atoms with Gasteiger partial charge in [0.25, 0.3) is 0 Å². The molecule has 0 aliphatic heterocycles. The first-order valence-electron chi connectivity index (χ1n) is 4.42. The summed E-state index contributed by atoms with van der Waals surface area (Å²) in [6.07, 6.45) is 2.53. The lowest BCUT2D eigenvalue weighted by molar-refractivity contribution is -0.115. The minimum Gasteiger partial charge on any atom is -0.310 e. The van der Waals surface area contributed by atoms with E-state index >= 15 is 0 Å². The molecule has 0 fully saturated rings. The van der Waals surface area contributed by atoms with Gasteiger partial charge in [0.05, 0.1) is 0 Å². The van der Waals surface area contributed by atoms with Crippen molar-refractivity contribution in [1.82, 2.24) is 4.98 Å². The van der Waals surface area contributed by atoms with Gasteiger partial charge in [0.15, 0.2) is 9.84 Å². The van der Waals surface area contributed by atoms with Crippen molar-refractivity contribution in [3.05, 3.63) is 22.8 Å². The van der Waals surface area contributed by atoms with E-state index in [2.05, 4.69) is 26.2 Å². The van der Waals surface area contributed by atoms with Crippen molar-refractivity contribution < 1.29 is 13.2 Å². The van der Waals surface area contributed by atoms with Gasteiger partial charge >= 0.3 is 0 Å². The number of nitrogens with zero attached hydrogens (tertiary/aromatic N) is 1. The van der Waals surface area contributed by atoms with E-state index in [9.17, 15) is 13.2 Å². The Morgan fingerprint density at radius 3 is 2.56 bits per heavy atom. The average molecular weight is 307 g/mol. The van der Waals surface area contributed by atoms with Gasteiger partial charge in [-0.1, -0.05) is 0 Å². The van der Waals surface area contributed by atoms with Gasteiger partial charge in [-0.2, -0.15) is 0 Å². The smallest absolute Gasteiger partial charge is 0.243 e. The summed E-state index contributed by atoms with van der Waals surface area (Å²) in [6, 6.07) is 3.28. The molecule has 0 spiro atoms. The predicted molar refractivity (Wildman–Crippen MR) is 64.9 cm³/mol. The van der Waals surface area contributed by atoms with E-state index < -0.39 is 21.0 Å².